The van der Waals surface area contributed by atoms with Gasteiger partial charge >= 0.3 is 0 Å². The Morgan fingerprint density at radius 3 is 2.80 bits per heavy atom. The van der Waals surface area contributed by atoms with Crippen LogP contribution in [0, 0.1) is 13.8 Å². The van der Waals surface area contributed by atoms with Gasteiger partial charge in [-0.25, -0.2) is 4.98 Å². The van der Waals surface area contributed by atoms with E-state index >= 15 is 0 Å². The van der Waals surface area contributed by atoms with Gasteiger partial charge in [-0.3, -0.25) is 4.98 Å². The molecule has 0 bridgehead atoms. The summed E-state index contributed by atoms with van der Waals surface area (Å²) >= 11 is 1.67. The molecular formula is C15H16N4S. The first kappa shape index (κ1) is 12.9. The molecule has 0 saturated carbocycles. The number of hydrogen-bond donors (Lipinski definition) is 2. The van der Waals surface area contributed by atoms with E-state index in [1.54, 1.807) is 11.3 Å². The van der Waals surface area contributed by atoms with Crippen molar-refractivity contribution < 1.29 is 0 Å². The lowest BCUT2D eigenvalue weighted by Crippen LogP contribution is -2.01. The van der Waals surface area contributed by atoms with Gasteiger partial charge in [-0.05, 0) is 32.0 Å². The zero-order valence-corrected chi connectivity index (χ0v) is 12.3. The lowest BCUT2D eigenvalue weighted by molar-refractivity contribution is 1.12. The van der Waals surface area contributed by atoms with Crippen molar-refractivity contribution in [2.24, 2.45) is 0 Å². The van der Waals surface area contributed by atoms with Gasteiger partial charge in [0.1, 0.15) is 0 Å². The van der Waals surface area contributed by atoms with E-state index in [1.807, 2.05) is 37.7 Å². The summed E-state index contributed by atoms with van der Waals surface area (Å²) in [6, 6.07) is 6.00. The second-order valence-corrected chi connectivity index (χ2v) is 5.73. The van der Waals surface area contributed by atoms with E-state index in [1.165, 1.54) is 4.88 Å². The van der Waals surface area contributed by atoms with E-state index in [9.17, 15) is 0 Å². The zero-order valence-electron chi connectivity index (χ0n) is 11.5. The van der Waals surface area contributed by atoms with Crippen molar-refractivity contribution in [2.75, 3.05) is 11.1 Å². The monoisotopic (exact) mass is 284 g/mol. The van der Waals surface area contributed by atoms with E-state index in [4.69, 9.17) is 5.73 Å². The molecule has 3 rings (SSSR count). The third kappa shape index (κ3) is 2.32. The maximum absolute atomic E-state index is 6.01. The Morgan fingerprint density at radius 1 is 1.20 bits per heavy atom. The van der Waals surface area contributed by atoms with Crippen molar-refractivity contribution in [1.82, 2.24) is 9.97 Å². The Kier molecular flexibility index (Phi) is 3.28. The van der Waals surface area contributed by atoms with E-state index in [2.05, 4.69) is 21.4 Å². The van der Waals surface area contributed by atoms with Gasteiger partial charge in [-0.15, -0.1) is 11.3 Å². The molecule has 0 saturated heterocycles. The summed E-state index contributed by atoms with van der Waals surface area (Å²) in [5.41, 5.74) is 11.8. The van der Waals surface area contributed by atoms with Crippen molar-refractivity contribution >= 4 is 33.5 Å². The molecule has 0 unspecified atom stereocenters. The third-order valence-corrected chi connectivity index (χ3v) is 4.29. The van der Waals surface area contributed by atoms with Crippen LogP contribution in [0.2, 0.25) is 0 Å². The van der Waals surface area contributed by atoms with Gasteiger partial charge in [-0.1, -0.05) is 0 Å². The average molecular weight is 284 g/mol. The largest absolute Gasteiger partial charge is 0.398 e. The Balaban J connectivity index is 1.97. The highest BCUT2D eigenvalue weighted by atomic mass is 32.1. The second kappa shape index (κ2) is 5.09. The van der Waals surface area contributed by atoms with Crippen LogP contribution >= 0.6 is 11.3 Å². The molecule has 0 aliphatic carbocycles. The van der Waals surface area contributed by atoms with Gasteiger partial charge in [0.2, 0.25) is 0 Å². The molecule has 3 N–H and O–H groups in total. The molecule has 0 aliphatic rings. The molecule has 0 radical (unpaired) electrons. The normalized spacial score (nSPS) is 10.9. The van der Waals surface area contributed by atoms with Crippen molar-refractivity contribution in [3.63, 3.8) is 0 Å². The molecule has 4 nitrogen and oxygen atoms in total. The number of nitrogens with two attached hydrogens (primary N) is 1. The van der Waals surface area contributed by atoms with E-state index in [0.717, 1.165) is 40.1 Å². The molecule has 0 amide bonds. The topological polar surface area (TPSA) is 63.8 Å². The van der Waals surface area contributed by atoms with Gasteiger partial charge in [0.25, 0.3) is 0 Å². The summed E-state index contributed by atoms with van der Waals surface area (Å²) in [4.78, 5) is 9.84. The van der Waals surface area contributed by atoms with Crippen LogP contribution in [0.25, 0.3) is 10.8 Å². The number of pyridine rings is 1. The molecular weight excluding hydrogens is 268 g/mol. The molecule has 5 heteroatoms. The summed E-state index contributed by atoms with van der Waals surface area (Å²) in [7, 11) is 0. The Morgan fingerprint density at radius 2 is 2.05 bits per heavy atom. The molecule has 20 heavy (non-hydrogen) atoms. The number of hydrogen-bond acceptors (Lipinski definition) is 5. The predicted molar refractivity (Wildman–Crippen MR) is 85.1 cm³/mol. The minimum atomic E-state index is 0.757. The smallest absolute Gasteiger partial charge is 0.0798 e. The first-order valence-corrected chi connectivity index (χ1v) is 7.31. The second-order valence-electron chi connectivity index (χ2n) is 4.79. The number of aromatic nitrogens is 2. The van der Waals surface area contributed by atoms with E-state index in [-0.39, 0.29) is 0 Å². The zero-order chi connectivity index (χ0) is 14.1. The minimum absolute atomic E-state index is 0.757. The number of nitrogens with one attached hydrogen (secondary N) is 1. The number of aryl methyl sites for hydroxylation is 2. The molecule has 0 spiro atoms. The van der Waals surface area contributed by atoms with Crippen LogP contribution < -0.4 is 11.1 Å². The lowest BCUT2D eigenvalue weighted by Gasteiger charge is -2.11. The van der Waals surface area contributed by atoms with E-state index in [0.29, 0.717) is 0 Å². The summed E-state index contributed by atoms with van der Waals surface area (Å²) < 4.78 is 0. The maximum atomic E-state index is 6.01. The van der Waals surface area contributed by atoms with Crippen molar-refractivity contribution in [1.29, 1.82) is 0 Å². The highest BCUT2D eigenvalue weighted by Gasteiger charge is 2.07. The Bertz CT molecular complexity index is 764. The van der Waals surface area contributed by atoms with Crippen molar-refractivity contribution in [2.45, 2.75) is 20.4 Å². The Hall–Kier alpha value is -2.14. The van der Waals surface area contributed by atoms with Gasteiger partial charge in [0, 0.05) is 38.9 Å². The summed E-state index contributed by atoms with van der Waals surface area (Å²) in [5.74, 6) is 0. The van der Waals surface area contributed by atoms with Gasteiger partial charge in [-0.2, -0.15) is 0 Å². The summed E-state index contributed by atoms with van der Waals surface area (Å²) in [5, 5.41) is 5.57. The minimum Gasteiger partial charge on any atom is -0.398 e. The average Bonchev–Trinajstić information content (AvgIpc) is 2.83. The number of fused-ring (bicyclic) bond motifs is 1. The molecule has 3 aromatic rings. The summed E-state index contributed by atoms with van der Waals surface area (Å²) in [6.07, 6.45) is 1.84. The lowest BCUT2D eigenvalue weighted by atomic mass is 10.1. The highest BCUT2D eigenvalue weighted by molar-refractivity contribution is 7.09. The summed E-state index contributed by atoms with van der Waals surface area (Å²) in [6.45, 7) is 4.79. The third-order valence-electron chi connectivity index (χ3n) is 3.36. The quantitative estimate of drug-likeness (QED) is 0.722. The fourth-order valence-corrected chi connectivity index (χ4v) is 2.91. The number of nitrogen functional groups attached to an aromatic ring is 1. The number of thiazole rings is 1. The first-order valence-electron chi connectivity index (χ1n) is 6.43. The highest BCUT2D eigenvalue weighted by Crippen LogP contribution is 2.29. The molecule has 0 aliphatic heterocycles. The SMILES string of the molecule is Cc1cc2c(NCc3scnc3C)ccc(N)c2cn1. The number of anilines is 2. The van der Waals surface area contributed by atoms with Crippen LogP contribution in [0.1, 0.15) is 16.3 Å². The first-order chi connectivity index (χ1) is 9.65. The van der Waals surface area contributed by atoms with E-state index < -0.39 is 0 Å². The fraction of sp³-hybridized carbons (Fsp3) is 0.200. The van der Waals surface area contributed by atoms with Crippen LogP contribution in [0.15, 0.2) is 29.9 Å². The van der Waals surface area contributed by atoms with Crippen molar-refractivity contribution in [3.05, 3.63) is 46.2 Å². The number of nitrogens with zero attached hydrogens (tertiary/aromatic N) is 2. The van der Waals surface area contributed by atoms with Gasteiger partial charge in [0.05, 0.1) is 17.7 Å². The van der Waals surface area contributed by atoms with Crippen LogP contribution in [0.5, 0.6) is 0 Å². The fourth-order valence-electron chi connectivity index (χ4n) is 2.19. The molecule has 102 valence electrons. The van der Waals surface area contributed by atoms with Gasteiger partial charge < -0.3 is 11.1 Å². The standard InChI is InChI=1S/C15H16N4S/c1-9-5-11-12(6-17-9)13(16)3-4-14(11)18-7-15-10(2)19-8-20-15/h3-6,8,18H,7,16H2,1-2H3. The van der Waals surface area contributed by atoms with Crippen molar-refractivity contribution in [3.8, 4) is 0 Å². The van der Waals surface area contributed by atoms with Crippen LogP contribution in [-0.2, 0) is 6.54 Å². The van der Waals surface area contributed by atoms with Crippen LogP contribution in [0.3, 0.4) is 0 Å². The molecule has 0 atom stereocenters. The van der Waals surface area contributed by atoms with Crippen LogP contribution in [0.4, 0.5) is 11.4 Å². The van der Waals surface area contributed by atoms with Crippen LogP contribution in [-0.4, -0.2) is 9.97 Å². The molecule has 2 aromatic heterocycles. The molecule has 0 fully saturated rings. The number of benzene rings is 1. The predicted octanol–water partition coefficient (Wildman–Crippen LogP) is 3.50. The molecule has 2 heterocycles. The van der Waals surface area contributed by atoms with Gasteiger partial charge in [0.15, 0.2) is 0 Å². The maximum Gasteiger partial charge on any atom is 0.0798 e. The molecule has 1 aromatic carbocycles. The Labute approximate surface area is 121 Å². The number of rotatable bonds is 3.